The fourth-order valence-corrected chi connectivity index (χ4v) is 4.26. The number of nitrogens with zero attached hydrogens (tertiary/aromatic N) is 1. The third kappa shape index (κ3) is 4.99. The van der Waals surface area contributed by atoms with Crippen molar-refractivity contribution in [2.24, 2.45) is 5.92 Å². The van der Waals surface area contributed by atoms with Crippen LogP contribution in [-0.2, 0) is 9.59 Å². The molecule has 0 radical (unpaired) electrons. The van der Waals surface area contributed by atoms with Crippen molar-refractivity contribution in [3.05, 3.63) is 29.0 Å². The fraction of sp³-hybridized carbons (Fsp3) is 0.600. The summed E-state index contributed by atoms with van der Waals surface area (Å²) in [6.07, 6.45) is 5.03. The lowest BCUT2D eigenvalue weighted by molar-refractivity contribution is -0.928. The minimum absolute atomic E-state index is 0.0253. The summed E-state index contributed by atoms with van der Waals surface area (Å²) >= 11 is 5.80. The first-order valence-electron chi connectivity index (χ1n) is 9.83. The number of carbonyl (C=O) groups excluding carboxylic acids is 2. The standard InChI is InChI=1S/C20H27ClFN3O2/c1-14-5-2-3-9-24(14)10-4-8-23-20(27)15-11-19(26)25(13-15)16-6-7-18(22)17(21)12-16/h6-7,12,14-15H,2-5,8-11,13H2,1H3,(H,23,27)/p+1. The quantitative estimate of drug-likeness (QED) is 0.720. The molecule has 3 atom stereocenters. The Morgan fingerprint density at radius 1 is 1.41 bits per heavy atom. The van der Waals surface area contributed by atoms with Crippen LogP contribution < -0.4 is 15.1 Å². The van der Waals surface area contributed by atoms with Gasteiger partial charge in [-0.3, -0.25) is 9.59 Å². The van der Waals surface area contributed by atoms with Gasteiger partial charge >= 0.3 is 0 Å². The second kappa shape index (κ2) is 9.02. The summed E-state index contributed by atoms with van der Waals surface area (Å²) in [5, 5.41) is 2.95. The zero-order valence-electron chi connectivity index (χ0n) is 15.8. The predicted octanol–water partition coefficient (Wildman–Crippen LogP) is 1.80. The molecule has 2 saturated heterocycles. The number of quaternary nitrogens is 1. The van der Waals surface area contributed by atoms with Crippen LogP contribution in [0.2, 0.25) is 5.02 Å². The Labute approximate surface area is 164 Å². The average Bonchev–Trinajstić information content (AvgIpc) is 3.04. The molecule has 0 saturated carbocycles. The van der Waals surface area contributed by atoms with E-state index in [0.717, 1.165) is 13.0 Å². The molecule has 0 bridgehead atoms. The number of halogens is 2. The van der Waals surface area contributed by atoms with Crippen LogP contribution in [0.4, 0.5) is 10.1 Å². The van der Waals surface area contributed by atoms with E-state index in [2.05, 4.69) is 12.2 Å². The molecule has 1 aromatic rings. The molecule has 2 amide bonds. The Kier molecular flexibility index (Phi) is 6.71. The SMILES string of the molecule is CC1CCCC[NH+]1CCCNC(=O)C1CC(=O)N(c2ccc(F)c(Cl)c2)C1. The first kappa shape index (κ1) is 20.1. The molecule has 0 aliphatic carbocycles. The van der Waals surface area contributed by atoms with E-state index in [9.17, 15) is 14.0 Å². The number of likely N-dealkylation sites (tertiary alicyclic amines) is 1. The zero-order chi connectivity index (χ0) is 19.4. The molecule has 2 aliphatic rings. The second-order valence-electron chi connectivity index (χ2n) is 7.70. The van der Waals surface area contributed by atoms with Crippen molar-refractivity contribution in [3.8, 4) is 0 Å². The van der Waals surface area contributed by atoms with Gasteiger partial charge in [-0.05, 0) is 44.4 Å². The van der Waals surface area contributed by atoms with Crippen molar-refractivity contribution in [1.82, 2.24) is 5.32 Å². The van der Waals surface area contributed by atoms with Gasteiger partial charge in [-0.25, -0.2) is 4.39 Å². The maximum atomic E-state index is 13.3. The van der Waals surface area contributed by atoms with Crippen LogP contribution in [0.1, 0.15) is 39.0 Å². The molecule has 2 N–H and O–H groups in total. The predicted molar refractivity (Wildman–Crippen MR) is 104 cm³/mol. The minimum Gasteiger partial charge on any atom is -0.356 e. The van der Waals surface area contributed by atoms with Gasteiger partial charge in [-0.15, -0.1) is 0 Å². The maximum Gasteiger partial charge on any atom is 0.227 e. The first-order valence-corrected chi connectivity index (χ1v) is 10.2. The van der Waals surface area contributed by atoms with Crippen LogP contribution in [0.15, 0.2) is 18.2 Å². The number of rotatable bonds is 6. The van der Waals surface area contributed by atoms with Crippen LogP contribution in [0, 0.1) is 11.7 Å². The lowest BCUT2D eigenvalue weighted by atomic mass is 10.0. The molecule has 2 fully saturated rings. The molecule has 3 rings (SSSR count). The van der Waals surface area contributed by atoms with E-state index in [0.29, 0.717) is 24.8 Å². The van der Waals surface area contributed by atoms with Gasteiger partial charge in [0.15, 0.2) is 0 Å². The lowest BCUT2D eigenvalue weighted by Crippen LogP contribution is -3.16. The zero-order valence-corrected chi connectivity index (χ0v) is 16.5. The highest BCUT2D eigenvalue weighted by Gasteiger charge is 2.35. The number of hydrogen-bond acceptors (Lipinski definition) is 2. The normalized spacial score (nSPS) is 25.7. The highest BCUT2D eigenvalue weighted by atomic mass is 35.5. The summed E-state index contributed by atoms with van der Waals surface area (Å²) in [6, 6.07) is 4.89. The van der Waals surface area contributed by atoms with Gasteiger partial charge < -0.3 is 15.1 Å². The molecule has 27 heavy (non-hydrogen) atoms. The Balaban J connectivity index is 1.45. The molecular formula is C20H28ClFN3O2+. The van der Waals surface area contributed by atoms with E-state index >= 15 is 0 Å². The second-order valence-corrected chi connectivity index (χ2v) is 8.11. The van der Waals surface area contributed by atoms with Gasteiger partial charge in [-0.2, -0.15) is 0 Å². The van der Waals surface area contributed by atoms with Gasteiger partial charge in [0.25, 0.3) is 0 Å². The third-order valence-electron chi connectivity index (χ3n) is 5.77. The lowest BCUT2D eigenvalue weighted by Gasteiger charge is -2.30. The number of nitrogens with one attached hydrogen (secondary N) is 2. The summed E-state index contributed by atoms with van der Waals surface area (Å²) in [5.41, 5.74) is 0.532. The molecule has 1 aromatic carbocycles. The topological polar surface area (TPSA) is 53.9 Å². The van der Waals surface area contributed by atoms with Crippen LogP contribution in [0.5, 0.6) is 0 Å². The van der Waals surface area contributed by atoms with Crippen molar-refractivity contribution in [2.45, 2.75) is 45.1 Å². The number of hydrogen-bond donors (Lipinski definition) is 2. The van der Waals surface area contributed by atoms with E-state index in [1.165, 1.54) is 48.9 Å². The summed E-state index contributed by atoms with van der Waals surface area (Å²) in [7, 11) is 0. The van der Waals surface area contributed by atoms with Gasteiger partial charge in [0, 0.05) is 31.6 Å². The van der Waals surface area contributed by atoms with E-state index in [1.54, 1.807) is 4.90 Å². The fourth-order valence-electron chi connectivity index (χ4n) is 4.08. The van der Waals surface area contributed by atoms with Gasteiger partial charge in [-0.1, -0.05) is 11.6 Å². The molecule has 2 heterocycles. The number of benzene rings is 1. The van der Waals surface area contributed by atoms with Gasteiger partial charge in [0.05, 0.1) is 30.1 Å². The largest absolute Gasteiger partial charge is 0.356 e. The average molecular weight is 397 g/mol. The highest BCUT2D eigenvalue weighted by molar-refractivity contribution is 6.31. The number of amides is 2. The summed E-state index contributed by atoms with van der Waals surface area (Å²) < 4.78 is 13.3. The van der Waals surface area contributed by atoms with Crippen molar-refractivity contribution in [2.75, 3.05) is 31.1 Å². The monoisotopic (exact) mass is 396 g/mol. The first-order chi connectivity index (χ1) is 13.0. The van der Waals surface area contributed by atoms with Crippen LogP contribution in [0.25, 0.3) is 0 Å². The van der Waals surface area contributed by atoms with Crippen molar-refractivity contribution in [3.63, 3.8) is 0 Å². The van der Waals surface area contributed by atoms with E-state index in [4.69, 9.17) is 11.6 Å². The van der Waals surface area contributed by atoms with Crippen molar-refractivity contribution >= 4 is 29.1 Å². The number of anilines is 1. The molecule has 0 aromatic heterocycles. The Bertz CT molecular complexity index is 700. The van der Waals surface area contributed by atoms with Crippen molar-refractivity contribution < 1.29 is 18.9 Å². The molecule has 2 aliphatic heterocycles. The molecule has 7 heteroatoms. The Morgan fingerprint density at radius 3 is 2.96 bits per heavy atom. The van der Waals surface area contributed by atoms with Crippen LogP contribution in [-0.4, -0.2) is 44.0 Å². The van der Waals surface area contributed by atoms with E-state index < -0.39 is 5.82 Å². The summed E-state index contributed by atoms with van der Waals surface area (Å²) in [6.45, 7) is 5.54. The minimum atomic E-state index is -0.522. The summed E-state index contributed by atoms with van der Waals surface area (Å²) in [4.78, 5) is 27.8. The molecule has 3 unspecified atom stereocenters. The Morgan fingerprint density at radius 2 is 2.22 bits per heavy atom. The van der Waals surface area contributed by atoms with Crippen LogP contribution >= 0.6 is 11.6 Å². The smallest absolute Gasteiger partial charge is 0.227 e. The van der Waals surface area contributed by atoms with Gasteiger partial charge in [0.1, 0.15) is 5.82 Å². The maximum absolute atomic E-state index is 13.3. The highest BCUT2D eigenvalue weighted by Crippen LogP contribution is 2.28. The number of carbonyl (C=O) groups is 2. The number of piperidine rings is 1. The molecule has 0 spiro atoms. The molecule has 148 valence electrons. The van der Waals surface area contributed by atoms with E-state index in [1.807, 2.05) is 0 Å². The Hall–Kier alpha value is -1.66. The molecular weight excluding hydrogens is 369 g/mol. The van der Waals surface area contributed by atoms with E-state index in [-0.39, 0.29) is 29.2 Å². The molecule has 5 nitrogen and oxygen atoms in total. The third-order valence-corrected chi connectivity index (χ3v) is 6.06. The van der Waals surface area contributed by atoms with Gasteiger partial charge in [0.2, 0.25) is 11.8 Å². The van der Waals surface area contributed by atoms with Crippen LogP contribution in [0.3, 0.4) is 0 Å². The van der Waals surface area contributed by atoms with Crippen molar-refractivity contribution in [1.29, 1.82) is 0 Å². The summed E-state index contributed by atoms with van der Waals surface area (Å²) in [5.74, 6) is -1.11.